The molecule has 0 aromatic carbocycles. The Morgan fingerprint density at radius 3 is 2.64 bits per heavy atom. The van der Waals surface area contributed by atoms with E-state index in [1.165, 1.54) is 17.8 Å². The molecule has 2 unspecified atom stereocenters. The standard InChI is InChI=1S/C18H21NO5S/c20-16(21)14-12-1-2-23-8-13(12)25-15(14)19-17(22)18-6-9-3-10(7-18)5-11(4-9)24-18/h9-11H,1-8H2,(H,19,22)(H,20,21). The van der Waals surface area contributed by atoms with Gasteiger partial charge in [0.1, 0.15) is 10.6 Å². The largest absolute Gasteiger partial charge is 0.478 e. The highest BCUT2D eigenvalue weighted by Crippen LogP contribution is 2.53. The van der Waals surface area contributed by atoms with Crippen molar-refractivity contribution in [2.45, 2.75) is 56.8 Å². The Morgan fingerprint density at radius 1 is 1.20 bits per heavy atom. The van der Waals surface area contributed by atoms with Gasteiger partial charge in [-0.3, -0.25) is 4.79 Å². The number of ether oxygens (including phenoxy) is 2. The second-order valence-electron chi connectivity index (χ2n) is 7.85. The summed E-state index contributed by atoms with van der Waals surface area (Å²) in [4.78, 5) is 25.8. The van der Waals surface area contributed by atoms with Crippen LogP contribution in [0.3, 0.4) is 0 Å². The van der Waals surface area contributed by atoms with Crippen LogP contribution in [0.2, 0.25) is 0 Å². The molecular weight excluding hydrogens is 342 g/mol. The Bertz CT molecular complexity index is 720. The first kappa shape index (κ1) is 15.8. The van der Waals surface area contributed by atoms with E-state index in [0.717, 1.165) is 36.1 Å². The molecule has 4 bridgehead atoms. The zero-order valence-electron chi connectivity index (χ0n) is 13.9. The number of hydrogen-bond donors (Lipinski definition) is 2. The summed E-state index contributed by atoms with van der Waals surface area (Å²) in [5.74, 6) is -0.00323. The Balaban J connectivity index is 1.45. The van der Waals surface area contributed by atoms with Crippen molar-refractivity contribution in [2.75, 3.05) is 11.9 Å². The van der Waals surface area contributed by atoms with Gasteiger partial charge in [-0.2, -0.15) is 0 Å². The lowest BCUT2D eigenvalue weighted by Gasteiger charge is -2.55. The number of carboxylic acid groups (broad SMARTS) is 1. The molecule has 25 heavy (non-hydrogen) atoms. The van der Waals surface area contributed by atoms with Crippen LogP contribution in [0, 0.1) is 11.8 Å². The molecule has 6 rings (SSSR count). The number of aromatic carboxylic acids is 1. The van der Waals surface area contributed by atoms with Crippen molar-refractivity contribution in [1.29, 1.82) is 0 Å². The van der Waals surface area contributed by atoms with E-state index in [1.54, 1.807) is 0 Å². The van der Waals surface area contributed by atoms with E-state index in [0.29, 0.717) is 36.5 Å². The maximum atomic E-state index is 13.1. The van der Waals surface area contributed by atoms with E-state index in [9.17, 15) is 14.7 Å². The predicted molar refractivity (Wildman–Crippen MR) is 90.9 cm³/mol. The zero-order chi connectivity index (χ0) is 17.2. The Morgan fingerprint density at radius 2 is 1.96 bits per heavy atom. The number of carbonyl (C=O) groups is 2. The summed E-state index contributed by atoms with van der Waals surface area (Å²) in [6.45, 7) is 0.944. The average Bonchev–Trinajstić information content (AvgIpc) is 2.91. The number of fused-ring (bicyclic) bond motifs is 1. The lowest BCUT2D eigenvalue weighted by molar-refractivity contribution is -0.215. The molecule has 0 radical (unpaired) electrons. The number of carboxylic acids is 1. The molecule has 0 spiro atoms. The van der Waals surface area contributed by atoms with Crippen LogP contribution in [0.1, 0.15) is 52.9 Å². The number of anilines is 1. The van der Waals surface area contributed by atoms with Crippen LogP contribution in [0.4, 0.5) is 5.00 Å². The number of rotatable bonds is 3. The molecule has 134 valence electrons. The SMILES string of the molecule is O=C(O)c1c(NC(=O)C23CC4CC(CC(C4)O2)C3)sc2c1CCOC2. The molecule has 2 atom stereocenters. The number of thiophene rings is 1. The van der Waals surface area contributed by atoms with Crippen molar-refractivity contribution in [3.63, 3.8) is 0 Å². The summed E-state index contributed by atoms with van der Waals surface area (Å²) in [6.07, 6.45) is 5.65. The maximum Gasteiger partial charge on any atom is 0.339 e. The average molecular weight is 363 g/mol. The molecule has 4 fully saturated rings. The molecule has 2 saturated carbocycles. The molecular formula is C18H21NO5S. The van der Waals surface area contributed by atoms with Gasteiger partial charge in [0.15, 0.2) is 0 Å². The van der Waals surface area contributed by atoms with Gasteiger partial charge < -0.3 is 19.9 Å². The van der Waals surface area contributed by atoms with E-state index >= 15 is 0 Å². The monoisotopic (exact) mass is 363 g/mol. The second kappa shape index (κ2) is 5.53. The van der Waals surface area contributed by atoms with E-state index < -0.39 is 11.6 Å². The summed E-state index contributed by atoms with van der Waals surface area (Å²) in [6, 6.07) is 0. The molecule has 2 saturated heterocycles. The van der Waals surface area contributed by atoms with Gasteiger partial charge in [0.05, 0.1) is 24.9 Å². The van der Waals surface area contributed by atoms with Crippen LogP contribution in [0.5, 0.6) is 0 Å². The predicted octanol–water partition coefficient (Wildman–Crippen LogP) is 2.81. The smallest absolute Gasteiger partial charge is 0.339 e. The Hall–Kier alpha value is -1.44. The topological polar surface area (TPSA) is 84.9 Å². The second-order valence-corrected chi connectivity index (χ2v) is 8.96. The van der Waals surface area contributed by atoms with E-state index in [-0.39, 0.29) is 17.6 Å². The van der Waals surface area contributed by atoms with Gasteiger partial charge in [0.25, 0.3) is 5.91 Å². The van der Waals surface area contributed by atoms with Gasteiger partial charge >= 0.3 is 5.97 Å². The summed E-state index contributed by atoms with van der Waals surface area (Å²) in [5.41, 5.74) is 0.290. The lowest BCUT2D eigenvalue weighted by atomic mass is 9.62. The molecule has 2 aliphatic carbocycles. The molecule has 3 aliphatic heterocycles. The minimum atomic E-state index is -0.985. The number of hydrogen-bond acceptors (Lipinski definition) is 5. The third-order valence-corrected chi connectivity index (χ3v) is 7.28. The van der Waals surface area contributed by atoms with Crippen molar-refractivity contribution in [3.05, 3.63) is 16.0 Å². The van der Waals surface area contributed by atoms with Crippen molar-refractivity contribution in [1.82, 2.24) is 0 Å². The number of nitrogens with one attached hydrogen (secondary N) is 1. The molecule has 4 heterocycles. The van der Waals surface area contributed by atoms with Gasteiger partial charge in [-0.25, -0.2) is 4.79 Å². The molecule has 2 N–H and O–H groups in total. The maximum absolute atomic E-state index is 13.1. The molecule has 1 aromatic rings. The van der Waals surface area contributed by atoms with Gasteiger partial charge in [-0.05, 0) is 55.9 Å². The van der Waals surface area contributed by atoms with Crippen LogP contribution in [0.25, 0.3) is 0 Å². The van der Waals surface area contributed by atoms with Gasteiger partial charge in [0.2, 0.25) is 0 Å². The van der Waals surface area contributed by atoms with E-state index in [1.807, 2.05) is 0 Å². The Labute approximate surface area is 149 Å². The minimum Gasteiger partial charge on any atom is -0.478 e. The fraction of sp³-hybridized carbons (Fsp3) is 0.667. The molecule has 5 aliphatic rings. The first-order valence-corrected chi connectivity index (χ1v) is 9.80. The van der Waals surface area contributed by atoms with Crippen LogP contribution in [-0.4, -0.2) is 35.3 Å². The van der Waals surface area contributed by atoms with Crippen LogP contribution in [-0.2, 0) is 27.3 Å². The molecule has 1 amide bonds. The zero-order valence-corrected chi connectivity index (χ0v) is 14.7. The third-order valence-electron chi connectivity index (χ3n) is 6.16. The molecule has 6 nitrogen and oxygen atoms in total. The number of carbonyl (C=O) groups excluding carboxylic acids is 1. The highest BCUT2D eigenvalue weighted by molar-refractivity contribution is 7.17. The van der Waals surface area contributed by atoms with Gasteiger partial charge in [-0.1, -0.05) is 0 Å². The van der Waals surface area contributed by atoms with Crippen LogP contribution in [0.15, 0.2) is 0 Å². The van der Waals surface area contributed by atoms with E-state index in [2.05, 4.69) is 5.32 Å². The first-order valence-electron chi connectivity index (χ1n) is 8.99. The summed E-state index contributed by atoms with van der Waals surface area (Å²) < 4.78 is 11.6. The van der Waals surface area contributed by atoms with E-state index in [4.69, 9.17) is 9.47 Å². The van der Waals surface area contributed by atoms with Crippen molar-refractivity contribution in [3.8, 4) is 0 Å². The lowest BCUT2D eigenvalue weighted by Crippen LogP contribution is -2.60. The highest BCUT2D eigenvalue weighted by atomic mass is 32.1. The van der Waals surface area contributed by atoms with Crippen molar-refractivity contribution < 1.29 is 24.2 Å². The Kier molecular flexibility index (Phi) is 3.49. The van der Waals surface area contributed by atoms with Crippen molar-refractivity contribution >= 4 is 28.2 Å². The van der Waals surface area contributed by atoms with Crippen molar-refractivity contribution in [2.24, 2.45) is 11.8 Å². The van der Waals surface area contributed by atoms with Crippen LogP contribution >= 0.6 is 11.3 Å². The third kappa shape index (κ3) is 2.44. The minimum absolute atomic E-state index is 0.159. The quantitative estimate of drug-likeness (QED) is 0.863. The highest BCUT2D eigenvalue weighted by Gasteiger charge is 2.56. The molecule has 7 heteroatoms. The fourth-order valence-corrected chi connectivity index (χ4v) is 6.54. The number of amides is 1. The summed E-state index contributed by atoms with van der Waals surface area (Å²) in [5, 5.41) is 13.0. The normalized spacial score (nSPS) is 35.4. The fourth-order valence-electron chi connectivity index (χ4n) is 5.37. The van der Waals surface area contributed by atoms with Crippen LogP contribution < -0.4 is 5.32 Å². The first-order chi connectivity index (χ1) is 12.0. The summed E-state index contributed by atoms with van der Waals surface area (Å²) in [7, 11) is 0. The molecule has 1 aromatic heterocycles. The summed E-state index contributed by atoms with van der Waals surface area (Å²) >= 11 is 1.33. The van der Waals surface area contributed by atoms with Gasteiger partial charge in [0, 0.05) is 4.88 Å². The van der Waals surface area contributed by atoms with Gasteiger partial charge in [-0.15, -0.1) is 11.3 Å².